The summed E-state index contributed by atoms with van der Waals surface area (Å²) < 4.78 is 27.0. The molecule has 1 unspecified atom stereocenters. The molecular formula is C15H17F2N3O2. The van der Waals surface area contributed by atoms with Crippen LogP contribution in [0.25, 0.3) is 0 Å². The van der Waals surface area contributed by atoms with Crippen molar-refractivity contribution in [1.29, 1.82) is 0 Å². The summed E-state index contributed by atoms with van der Waals surface area (Å²) in [5, 5.41) is 0. The standard InChI is InChI=1S/C15H17F2N3O2/c1-18-13(21)15(19(2)14(18)22)5-6-20(9-15)8-10-7-11(16)3-4-12(10)17/h3-4,7H,5-6,8-9H2,1-2H3. The molecule has 2 aliphatic rings. The molecule has 1 aromatic carbocycles. The van der Waals surface area contributed by atoms with E-state index in [4.69, 9.17) is 0 Å². The number of imide groups is 1. The fourth-order valence-electron chi connectivity index (χ4n) is 3.31. The van der Waals surface area contributed by atoms with Gasteiger partial charge < -0.3 is 4.90 Å². The molecule has 0 N–H and O–H groups in total. The largest absolute Gasteiger partial charge is 0.327 e. The smallest absolute Gasteiger partial charge is 0.311 e. The van der Waals surface area contributed by atoms with Gasteiger partial charge in [0.05, 0.1) is 0 Å². The zero-order valence-corrected chi connectivity index (χ0v) is 12.5. The minimum Gasteiger partial charge on any atom is -0.311 e. The zero-order chi connectivity index (χ0) is 16.1. The third-order valence-electron chi connectivity index (χ3n) is 4.65. The molecule has 0 bridgehead atoms. The van der Waals surface area contributed by atoms with Crippen LogP contribution in [0.1, 0.15) is 12.0 Å². The number of hydrogen-bond donors (Lipinski definition) is 0. The Morgan fingerprint density at radius 3 is 2.59 bits per heavy atom. The van der Waals surface area contributed by atoms with E-state index in [-0.39, 0.29) is 24.0 Å². The second-order valence-electron chi connectivity index (χ2n) is 5.93. The topological polar surface area (TPSA) is 43.9 Å². The van der Waals surface area contributed by atoms with Gasteiger partial charge in [-0.2, -0.15) is 0 Å². The van der Waals surface area contributed by atoms with Crippen LogP contribution in [0.3, 0.4) is 0 Å². The number of carbonyl (C=O) groups excluding carboxylic acids is 2. The van der Waals surface area contributed by atoms with Crippen molar-refractivity contribution in [3.8, 4) is 0 Å². The molecule has 0 aromatic heterocycles. The molecule has 0 radical (unpaired) electrons. The van der Waals surface area contributed by atoms with Crippen LogP contribution < -0.4 is 0 Å². The number of halogens is 2. The number of urea groups is 1. The van der Waals surface area contributed by atoms with Crippen molar-refractivity contribution in [2.75, 3.05) is 27.2 Å². The third-order valence-corrected chi connectivity index (χ3v) is 4.65. The molecule has 3 rings (SSSR count). The molecule has 5 nitrogen and oxygen atoms in total. The van der Waals surface area contributed by atoms with Crippen LogP contribution in [-0.4, -0.2) is 59.4 Å². The molecule has 22 heavy (non-hydrogen) atoms. The Balaban J connectivity index is 1.79. The van der Waals surface area contributed by atoms with Gasteiger partial charge in [0, 0.05) is 39.3 Å². The summed E-state index contributed by atoms with van der Waals surface area (Å²) in [4.78, 5) is 28.8. The van der Waals surface area contributed by atoms with Gasteiger partial charge in [0.2, 0.25) is 0 Å². The predicted molar refractivity (Wildman–Crippen MR) is 74.9 cm³/mol. The highest BCUT2D eigenvalue weighted by atomic mass is 19.1. The Bertz CT molecular complexity index is 652. The van der Waals surface area contributed by atoms with E-state index in [9.17, 15) is 18.4 Å². The number of amides is 3. The SMILES string of the molecule is CN1C(=O)N(C)C2(CCN(Cc3cc(F)ccc3F)C2)C1=O. The highest BCUT2D eigenvalue weighted by Gasteiger charge is 2.57. The quantitative estimate of drug-likeness (QED) is 0.776. The van der Waals surface area contributed by atoms with Crippen molar-refractivity contribution in [2.45, 2.75) is 18.5 Å². The molecule has 0 saturated carbocycles. The average Bonchev–Trinajstić information content (AvgIpc) is 2.98. The van der Waals surface area contributed by atoms with Crippen molar-refractivity contribution < 1.29 is 18.4 Å². The van der Waals surface area contributed by atoms with Crippen molar-refractivity contribution in [2.24, 2.45) is 0 Å². The van der Waals surface area contributed by atoms with E-state index >= 15 is 0 Å². The fourth-order valence-corrected chi connectivity index (χ4v) is 3.31. The monoisotopic (exact) mass is 309 g/mol. The van der Waals surface area contributed by atoms with Crippen molar-refractivity contribution in [3.63, 3.8) is 0 Å². The lowest BCUT2D eigenvalue weighted by Crippen LogP contribution is -2.49. The van der Waals surface area contributed by atoms with Crippen molar-refractivity contribution in [1.82, 2.24) is 14.7 Å². The van der Waals surface area contributed by atoms with E-state index in [1.54, 1.807) is 7.05 Å². The molecule has 1 spiro atoms. The second-order valence-corrected chi connectivity index (χ2v) is 5.93. The van der Waals surface area contributed by atoms with E-state index in [2.05, 4.69) is 0 Å². The van der Waals surface area contributed by atoms with Gasteiger partial charge in [0.25, 0.3) is 5.91 Å². The fraction of sp³-hybridized carbons (Fsp3) is 0.467. The van der Waals surface area contributed by atoms with Gasteiger partial charge >= 0.3 is 6.03 Å². The maximum atomic E-state index is 13.7. The van der Waals surface area contributed by atoms with E-state index in [0.29, 0.717) is 19.5 Å². The third kappa shape index (κ3) is 2.08. The first-order valence-corrected chi connectivity index (χ1v) is 7.07. The van der Waals surface area contributed by atoms with Gasteiger partial charge in [-0.3, -0.25) is 14.6 Å². The first-order chi connectivity index (χ1) is 10.3. The van der Waals surface area contributed by atoms with Crippen LogP contribution >= 0.6 is 0 Å². The lowest BCUT2D eigenvalue weighted by Gasteiger charge is -2.28. The lowest BCUT2D eigenvalue weighted by molar-refractivity contribution is -0.131. The average molecular weight is 309 g/mol. The van der Waals surface area contributed by atoms with E-state index in [1.807, 2.05) is 4.90 Å². The van der Waals surface area contributed by atoms with Crippen LogP contribution in [0.5, 0.6) is 0 Å². The predicted octanol–water partition coefficient (Wildman–Crippen LogP) is 1.43. The van der Waals surface area contributed by atoms with Gasteiger partial charge in [-0.15, -0.1) is 0 Å². The van der Waals surface area contributed by atoms with Crippen LogP contribution in [0.2, 0.25) is 0 Å². The maximum absolute atomic E-state index is 13.7. The highest BCUT2D eigenvalue weighted by molar-refractivity contribution is 6.07. The molecule has 2 heterocycles. The summed E-state index contributed by atoms with van der Waals surface area (Å²) in [5.41, 5.74) is -0.625. The lowest BCUT2D eigenvalue weighted by atomic mass is 9.97. The summed E-state index contributed by atoms with van der Waals surface area (Å²) in [7, 11) is 3.07. The highest BCUT2D eigenvalue weighted by Crippen LogP contribution is 2.35. The Hall–Kier alpha value is -2.02. The number of likely N-dealkylation sites (N-methyl/N-ethyl adjacent to an activating group) is 2. The molecule has 7 heteroatoms. The number of rotatable bonds is 2. The Kier molecular flexibility index (Phi) is 3.40. The molecule has 1 aromatic rings. The minimum absolute atomic E-state index is 0.213. The molecule has 118 valence electrons. The minimum atomic E-state index is -0.879. The summed E-state index contributed by atoms with van der Waals surface area (Å²) in [6.07, 6.45) is 0.495. The maximum Gasteiger partial charge on any atom is 0.327 e. The number of nitrogens with zero attached hydrogens (tertiary/aromatic N) is 3. The van der Waals surface area contributed by atoms with Gasteiger partial charge in [-0.1, -0.05) is 0 Å². The number of hydrogen-bond acceptors (Lipinski definition) is 3. The number of benzene rings is 1. The molecule has 3 amide bonds. The van der Waals surface area contributed by atoms with Gasteiger partial charge in [0.15, 0.2) is 0 Å². The first-order valence-electron chi connectivity index (χ1n) is 7.07. The van der Waals surface area contributed by atoms with Gasteiger partial charge in [-0.25, -0.2) is 13.6 Å². The van der Waals surface area contributed by atoms with Crippen molar-refractivity contribution >= 4 is 11.9 Å². The Morgan fingerprint density at radius 2 is 1.95 bits per heavy atom. The zero-order valence-electron chi connectivity index (χ0n) is 12.5. The normalized spacial score (nSPS) is 25.8. The van der Waals surface area contributed by atoms with Gasteiger partial charge in [0.1, 0.15) is 17.2 Å². The summed E-state index contributed by atoms with van der Waals surface area (Å²) in [6.45, 7) is 1.09. The van der Waals surface area contributed by atoms with Gasteiger partial charge in [-0.05, 0) is 24.6 Å². The van der Waals surface area contributed by atoms with Crippen LogP contribution in [0.4, 0.5) is 13.6 Å². The number of likely N-dealkylation sites (tertiary alicyclic amines) is 1. The Morgan fingerprint density at radius 1 is 1.23 bits per heavy atom. The number of carbonyl (C=O) groups is 2. The first kappa shape index (κ1) is 14.9. The molecule has 0 aliphatic carbocycles. The molecule has 2 aliphatic heterocycles. The van der Waals surface area contributed by atoms with E-state index in [1.165, 1.54) is 11.9 Å². The summed E-state index contributed by atoms with van der Waals surface area (Å²) in [6, 6.07) is 3.01. The van der Waals surface area contributed by atoms with E-state index < -0.39 is 17.2 Å². The summed E-state index contributed by atoms with van der Waals surface area (Å²) in [5.74, 6) is -1.20. The molecular weight excluding hydrogens is 292 g/mol. The van der Waals surface area contributed by atoms with Crippen LogP contribution in [0, 0.1) is 11.6 Å². The summed E-state index contributed by atoms with van der Waals surface area (Å²) >= 11 is 0. The second kappa shape index (κ2) is 5.01. The van der Waals surface area contributed by atoms with Crippen molar-refractivity contribution in [3.05, 3.63) is 35.4 Å². The van der Waals surface area contributed by atoms with E-state index in [0.717, 1.165) is 23.1 Å². The van der Waals surface area contributed by atoms with Crippen LogP contribution in [0.15, 0.2) is 18.2 Å². The van der Waals surface area contributed by atoms with Crippen LogP contribution in [-0.2, 0) is 11.3 Å². The molecule has 2 saturated heterocycles. The Labute approximate surface area is 127 Å². The molecule has 1 atom stereocenters. The molecule has 2 fully saturated rings.